The van der Waals surface area contributed by atoms with E-state index in [-0.39, 0.29) is 0 Å². The summed E-state index contributed by atoms with van der Waals surface area (Å²) in [6, 6.07) is 13.4. The number of hydrogen-bond donors (Lipinski definition) is 0. The fourth-order valence-electron chi connectivity index (χ4n) is 3.63. The van der Waals surface area contributed by atoms with Gasteiger partial charge in [0.1, 0.15) is 0 Å². The Hall–Kier alpha value is -2.46. The Kier molecular flexibility index (Phi) is 4.60. The molecule has 1 aromatic carbocycles. The van der Waals surface area contributed by atoms with Crippen molar-refractivity contribution in [1.29, 1.82) is 0 Å². The molecule has 3 aromatic rings. The molecule has 0 atom stereocenters. The van der Waals surface area contributed by atoms with E-state index >= 15 is 0 Å². The van der Waals surface area contributed by atoms with E-state index < -0.39 is 0 Å². The number of aromatic nitrogens is 2. The first kappa shape index (κ1) is 17.0. The van der Waals surface area contributed by atoms with Crippen molar-refractivity contribution in [1.82, 2.24) is 14.9 Å². The second-order valence-corrected chi connectivity index (χ2v) is 7.49. The quantitative estimate of drug-likeness (QED) is 0.722. The average Bonchev–Trinajstić information content (AvgIpc) is 2.65. The molecule has 0 saturated carbocycles. The number of pyridine rings is 2. The zero-order valence-electron chi connectivity index (χ0n) is 15.9. The number of anilines is 1. The fourth-order valence-corrected chi connectivity index (χ4v) is 3.63. The normalized spacial score (nSPS) is 14.4. The van der Waals surface area contributed by atoms with Gasteiger partial charge in [-0.15, -0.1) is 0 Å². The van der Waals surface area contributed by atoms with E-state index in [2.05, 4.69) is 72.2 Å². The third kappa shape index (κ3) is 3.56. The molecule has 0 N–H and O–H groups in total. The predicted molar refractivity (Wildman–Crippen MR) is 108 cm³/mol. The molecule has 4 nitrogen and oxygen atoms in total. The van der Waals surface area contributed by atoms with E-state index in [1.807, 2.05) is 6.20 Å². The van der Waals surface area contributed by atoms with Crippen molar-refractivity contribution in [2.24, 2.45) is 0 Å². The zero-order chi connectivity index (χ0) is 18.1. The van der Waals surface area contributed by atoms with E-state index in [0.717, 1.165) is 43.5 Å². The first-order valence-electron chi connectivity index (χ1n) is 9.32. The maximum atomic E-state index is 4.79. The van der Waals surface area contributed by atoms with Crippen LogP contribution in [0.2, 0.25) is 0 Å². The lowest BCUT2D eigenvalue weighted by molar-refractivity contribution is 0.255. The summed E-state index contributed by atoms with van der Waals surface area (Å²) in [7, 11) is 4.16. The molecule has 1 aliphatic rings. The highest BCUT2D eigenvalue weighted by atomic mass is 15.1. The molecule has 134 valence electrons. The molecule has 0 spiro atoms. The van der Waals surface area contributed by atoms with Gasteiger partial charge in [0.2, 0.25) is 0 Å². The molecular weight excluding hydrogens is 320 g/mol. The van der Waals surface area contributed by atoms with Gasteiger partial charge in [0, 0.05) is 63.1 Å². The van der Waals surface area contributed by atoms with Gasteiger partial charge in [0.25, 0.3) is 0 Å². The van der Waals surface area contributed by atoms with E-state index in [4.69, 9.17) is 4.98 Å². The molecule has 0 fully saturated rings. The Balaban J connectivity index is 1.44. The number of benzene rings is 1. The minimum absolute atomic E-state index is 0.879. The van der Waals surface area contributed by atoms with Crippen molar-refractivity contribution < 1.29 is 0 Å². The standard InChI is InChI=1S/C22H26N4/c1-16-12-18-13-19-15-26(11-9-21(19)24-22(18)23-14-16)10-8-17-4-6-20(7-5-17)25(2)3/h4-7,12-14H,8-11,15H2,1-3H3. The van der Waals surface area contributed by atoms with Crippen LogP contribution >= 0.6 is 0 Å². The molecule has 0 radical (unpaired) electrons. The third-order valence-corrected chi connectivity index (χ3v) is 5.20. The molecule has 1 aliphatic heterocycles. The van der Waals surface area contributed by atoms with Gasteiger partial charge in [-0.2, -0.15) is 0 Å². The largest absolute Gasteiger partial charge is 0.378 e. The van der Waals surface area contributed by atoms with Gasteiger partial charge in [-0.05, 0) is 54.3 Å². The first-order chi connectivity index (χ1) is 12.6. The van der Waals surface area contributed by atoms with E-state index in [9.17, 15) is 0 Å². The lowest BCUT2D eigenvalue weighted by Gasteiger charge is -2.28. The molecular formula is C22H26N4. The first-order valence-corrected chi connectivity index (χ1v) is 9.32. The van der Waals surface area contributed by atoms with Crippen LogP contribution in [-0.4, -0.2) is 42.1 Å². The summed E-state index contributed by atoms with van der Waals surface area (Å²) < 4.78 is 0. The zero-order valence-corrected chi connectivity index (χ0v) is 15.9. The van der Waals surface area contributed by atoms with Crippen LogP contribution in [0.15, 0.2) is 42.6 Å². The summed E-state index contributed by atoms with van der Waals surface area (Å²) in [5, 5.41) is 1.16. The van der Waals surface area contributed by atoms with Gasteiger partial charge in [0.05, 0.1) is 0 Å². The minimum Gasteiger partial charge on any atom is -0.378 e. The highest BCUT2D eigenvalue weighted by Gasteiger charge is 2.18. The van der Waals surface area contributed by atoms with Crippen LogP contribution in [-0.2, 0) is 19.4 Å². The highest BCUT2D eigenvalue weighted by Crippen LogP contribution is 2.22. The number of rotatable bonds is 4. The molecule has 4 rings (SSSR count). The summed E-state index contributed by atoms with van der Waals surface area (Å²) in [6.07, 6.45) is 4.00. The van der Waals surface area contributed by atoms with Crippen LogP contribution in [0.3, 0.4) is 0 Å². The maximum absolute atomic E-state index is 4.79. The van der Waals surface area contributed by atoms with Crippen molar-refractivity contribution in [3.05, 3.63) is 65.0 Å². The second-order valence-electron chi connectivity index (χ2n) is 7.49. The summed E-state index contributed by atoms with van der Waals surface area (Å²) in [5.74, 6) is 0. The molecule has 26 heavy (non-hydrogen) atoms. The summed E-state index contributed by atoms with van der Waals surface area (Å²) >= 11 is 0. The van der Waals surface area contributed by atoms with Gasteiger partial charge in [-0.1, -0.05) is 12.1 Å². The van der Waals surface area contributed by atoms with Crippen LogP contribution in [0.1, 0.15) is 22.4 Å². The number of hydrogen-bond acceptors (Lipinski definition) is 4. The molecule has 0 unspecified atom stereocenters. The smallest absolute Gasteiger partial charge is 0.159 e. The van der Waals surface area contributed by atoms with E-state index in [0.29, 0.717) is 0 Å². The van der Waals surface area contributed by atoms with Crippen LogP contribution in [0.4, 0.5) is 5.69 Å². The lowest BCUT2D eigenvalue weighted by Crippen LogP contribution is -2.32. The van der Waals surface area contributed by atoms with Crippen molar-refractivity contribution in [2.75, 3.05) is 32.1 Å². The van der Waals surface area contributed by atoms with E-state index in [1.54, 1.807) is 0 Å². The van der Waals surface area contributed by atoms with Gasteiger partial charge < -0.3 is 4.90 Å². The average molecular weight is 346 g/mol. The Morgan fingerprint density at radius 2 is 1.92 bits per heavy atom. The summed E-state index contributed by atoms with van der Waals surface area (Å²) in [5.41, 5.74) is 7.30. The van der Waals surface area contributed by atoms with E-state index in [1.165, 1.54) is 28.1 Å². The predicted octanol–water partition coefficient (Wildman–Crippen LogP) is 3.61. The third-order valence-electron chi connectivity index (χ3n) is 5.20. The SMILES string of the molecule is Cc1cnc2nc3c(cc2c1)CN(CCc1ccc(N(C)C)cc1)CC3. The van der Waals surface area contributed by atoms with Gasteiger partial charge in [0.15, 0.2) is 5.65 Å². The number of nitrogens with zero attached hydrogens (tertiary/aromatic N) is 4. The van der Waals surface area contributed by atoms with Crippen LogP contribution in [0.25, 0.3) is 11.0 Å². The highest BCUT2D eigenvalue weighted by molar-refractivity contribution is 5.76. The lowest BCUT2D eigenvalue weighted by atomic mass is 10.0. The minimum atomic E-state index is 0.879. The molecule has 3 heterocycles. The Labute approximate surface area is 155 Å². The Morgan fingerprint density at radius 3 is 2.69 bits per heavy atom. The monoisotopic (exact) mass is 346 g/mol. The summed E-state index contributed by atoms with van der Waals surface area (Å²) in [6.45, 7) is 5.24. The Morgan fingerprint density at radius 1 is 1.12 bits per heavy atom. The van der Waals surface area contributed by atoms with Gasteiger partial charge in [-0.3, -0.25) is 4.90 Å². The number of fused-ring (bicyclic) bond motifs is 2. The topological polar surface area (TPSA) is 32.3 Å². The molecule has 0 aliphatic carbocycles. The van der Waals surface area contributed by atoms with Gasteiger partial charge in [-0.25, -0.2) is 9.97 Å². The Bertz CT molecular complexity index is 915. The molecule has 0 amide bonds. The van der Waals surface area contributed by atoms with Crippen LogP contribution in [0.5, 0.6) is 0 Å². The number of aryl methyl sites for hydroxylation is 1. The van der Waals surface area contributed by atoms with Crippen LogP contribution in [0, 0.1) is 6.92 Å². The second kappa shape index (κ2) is 7.04. The fraction of sp³-hybridized carbons (Fsp3) is 0.364. The molecule has 0 bridgehead atoms. The van der Waals surface area contributed by atoms with Crippen molar-refractivity contribution >= 4 is 16.7 Å². The molecule has 4 heteroatoms. The van der Waals surface area contributed by atoms with Crippen LogP contribution < -0.4 is 4.90 Å². The maximum Gasteiger partial charge on any atom is 0.159 e. The van der Waals surface area contributed by atoms with Gasteiger partial charge >= 0.3 is 0 Å². The van der Waals surface area contributed by atoms with Crippen molar-refractivity contribution in [2.45, 2.75) is 26.3 Å². The molecule has 0 saturated heterocycles. The van der Waals surface area contributed by atoms with Crippen molar-refractivity contribution in [3.8, 4) is 0 Å². The summed E-state index contributed by atoms with van der Waals surface area (Å²) in [4.78, 5) is 13.9. The molecule has 2 aromatic heterocycles. The van der Waals surface area contributed by atoms with Crippen molar-refractivity contribution in [3.63, 3.8) is 0 Å².